The quantitative estimate of drug-likeness (QED) is 0.301. The van der Waals surface area contributed by atoms with Gasteiger partial charge in [0.2, 0.25) is 11.8 Å². The minimum atomic E-state index is -0.535. The smallest absolute Gasteiger partial charge is 0.408 e. The highest BCUT2D eigenvalue weighted by molar-refractivity contribution is 5.86. The fourth-order valence-corrected chi connectivity index (χ4v) is 5.55. The highest BCUT2D eigenvalue weighted by atomic mass is 16.4. The summed E-state index contributed by atoms with van der Waals surface area (Å²) >= 11 is 0. The van der Waals surface area contributed by atoms with Gasteiger partial charge in [-0.15, -0.1) is 0 Å². The molecule has 2 aliphatic heterocycles. The lowest BCUT2D eigenvalue weighted by Gasteiger charge is -2.23. The third kappa shape index (κ3) is 6.00. The Labute approximate surface area is 250 Å². The third-order valence-electron chi connectivity index (χ3n) is 7.86. The third-order valence-corrected chi connectivity index (χ3v) is 7.86. The number of oxazole rings is 2. The number of rotatable bonds is 4. The first-order valence-corrected chi connectivity index (χ1v) is 14.2. The van der Waals surface area contributed by atoms with Gasteiger partial charge in [-0.25, -0.2) is 9.59 Å². The van der Waals surface area contributed by atoms with Gasteiger partial charge in [-0.1, -0.05) is 66.5 Å². The zero-order valence-electron chi connectivity index (χ0n) is 24.4. The van der Waals surface area contributed by atoms with Crippen molar-refractivity contribution in [2.24, 2.45) is 0 Å². The van der Waals surface area contributed by atoms with Gasteiger partial charge in [0, 0.05) is 11.4 Å². The van der Waals surface area contributed by atoms with E-state index in [4.69, 9.17) is 8.83 Å². The molecule has 0 bridgehead atoms. The number of piperidine rings is 2. The largest absolute Gasteiger partial charge is 0.420 e. The molecule has 10 nitrogen and oxygen atoms in total. The monoisotopic (exact) mass is 588 g/mol. The van der Waals surface area contributed by atoms with E-state index >= 15 is 0 Å². The molecule has 228 valence electrons. The average molecular weight is 589 g/mol. The van der Waals surface area contributed by atoms with Crippen LogP contribution in [0, 0.1) is 0 Å². The Bertz CT molecular complexity index is 1830. The van der Waals surface area contributed by atoms with Gasteiger partial charge in [-0.05, 0) is 66.8 Å². The van der Waals surface area contributed by atoms with Crippen molar-refractivity contribution in [3.8, 4) is 0 Å². The number of hydrogen-bond donors (Lipinski definition) is 2. The maximum absolute atomic E-state index is 12.2. The molecule has 0 saturated carbocycles. The first kappa shape index (κ1) is 31.3. The predicted molar refractivity (Wildman–Crippen MR) is 167 cm³/mol. The summed E-state index contributed by atoms with van der Waals surface area (Å²) in [7, 11) is 0. The Kier molecular flexibility index (Phi) is 8.98. The van der Waals surface area contributed by atoms with Crippen LogP contribution < -0.4 is 22.1 Å². The van der Waals surface area contributed by atoms with E-state index in [2.05, 4.69) is 37.6 Å². The maximum Gasteiger partial charge on any atom is 0.420 e. The number of benzene rings is 2. The van der Waals surface area contributed by atoms with E-state index in [9.17, 15) is 19.2 Å². The van der Waals surface area contributed by atoms with E-state index < -0.39 is 23.6 Å². The summed E-state index contributed by atoms with van der Waals surface area (Å²) < 4.78 is 13.7. The molecule has 2 N–H and O–H groups in total. The molecule has 43 heavy (non-hydrogen) atoms. The standard InChI is InChI=1S/2C16H18N2O3.CH4/c1-9(2)11-5-7-12-14(8-11)21-16(20)18(12)13-6-4-10(3)17-15(13)19;1-9(2)11-5-4-6-12-14(11)21-16(20)18(12)13-8-7-10(3)17-15(13)19;/h5,7-9,13H,3-4,6H2,1-2H3,(H,17,19);4-6,9,13H,3,7-8H2,1-2H3,(H,17,19);1H4. The fraction of sp³-hybridized carbons (Fsp3) is 0.394. The van der Waals surface area contributed by atoms with Crippen LogP contribution in [0.25, 0.3) is 22.2 Å². The molecule has 0 radical (unpaired) electrons. The number of fused-ring (bicyclic) bond motifs is 2. The molecule has 10 heteroatoms. The summed E-state index contributed by atoms with van der Waals surface area (Å²) in [5.41, 5.74) is 5.92. The van der Waals surface area contributed by atoms with Crippen molar-refractivity contribution >= 4 is 34.0 Å². The van der Waals surface area contributed by atoms with Crippen molar-refractivity contribution in [3.05, 3.63) is 93.2 Å². The van der Waals surface area contributed by atoms with Crippen LogP contribution in [-0.4, -0.2) is 20.9 Å². The highest BCUT2D eigenvalue weighted by Gasteiger charge is 2.31. The summed E-state index contributed by atoms with van der Waals surface area (Å²) in [6.07, 6.45) is 2.45. The number of amides is 2. The molecule has 6 rings (SSSR count). The second-order valence-electron chi connectivity index (χ2n) is 11.5. The summed E-state index contributed by atoms with van der Waals surface area (Å²) in [4.78, 5) is 48.6. The SMILES string of the molecule is C.C=C1CCC(n2c(=O)oc3c(C(C)C)cccc32)C(=O)N1.C=C1CCC(n2c(=O)oc3cc(C(C)C)ccc32)C(=O)N1. The number of para-hydroxylation sites is 1. The molecule has 2 aromatic heterocycles. The number of aromatic nitrogens is 2. The van der Waals surface area contributed by atoms with E-state index in [0.29, 0.717) is 65.2 Å². The van der Waals surface area contributed by atoms with E-state index in [0.717, 1.165) is 11.1 Å². The van der Waals surface area contributed by atoms with Crippen molar-refractivity contribution in [3.63, 3.8) is 0 Å². The minimum Gasteiger partial charge on any atom is -0.408 e. The van der Waals surface area contributed by atoms with Gasteiger partial charge in [-0.2, -0.15) is 0 Å². The zero-order chi connectivity index (χ0) is 30.3. The number of carbonyl (C=O) groups excluding carboxylic acids is 2. The average Bonchev–Trinajstić information content (AvgIpc) is 3.43. The first-order chi connectivity index (χ1) is 20.0. The van der Waals surface area contributed by atoms with Crippen molar-refractivity contribution in [1.82, 2.24) is 19.8 Å². The lowest BCUT2D eigenvalue weighted by Crippen LogP contribution is -2.39. The van der Waals surface area contributed by atoms with Gasteiger partial charge in [0.15, 0.2) is 11.2 Å². The molecule has 2 atom stereocenters. The Hall–Kier alpha value is -4.60. The minimum absolute atomic E-state index is 0. The van der Waals surface area contributed by atoms with E-state index in [-0.39, 0.29) is 25.2 Å². The van der Waals surface area contributed by atoms with Crippen LogP contribution in [0.1, 0.15) is 95.9 Å². The van der Waals surface area contributed by atoms with Gasteiger partial charge < -0.3 is 19.5 Å². The van der Waals surface area contributed by atoms with Crippen LogP contribution in [0.15, 0.2) is 79.4 Å². The molecule has 2 saturated heterocycles. The summed E-state index contributed by atoms with van der Waals surface area (Å²) in [5, 5.41) is 5.42. The number of allylic oxidation sites excluding steroid dienone is 2. The molecule has 2 unspecified atom stereocenters. The molecule has 2 amide bonds. The number of carbonyl (C=O) groups is 2. The van der Waals surface area contributed by atoms with Gasteiger partial charge >= 0.3 is 11.5 Å². The van der Waals surface area contributed by atoms with Crippen LogP contribution in [0.2, 0.25) is 0 Å². The molecular weight excluding hydrogens is 548 g/mol. The van der Waals surface area contributed by atoms with Crippen molar-refractivity contribution in [2.75, 3.05) is 0 Å². The van der Waals surface area contributed by atoms with E-state index in [1.165, 1.54) is 9.13 Å². The number of nitrogens with one attached hydrogen (secondary N) is 2. The molecule has 0 spiro atoms. The second kappa shape index (κ2) is 12.3. The van der Waals surface area contributed by atoms with E-state index in [1.807, 2.05) is 50.2 Å². The molecule has 4 aromatic rings. The van der Waals surface area contributed by atoms with Gasteiger partial charge in [-0.3, -0.25) is 18.7 Å². The van der Waals surface area contributed by atoms with Crippen molar-refractivity contribution < 1.29 is 18.4 Å². The van der Waals surface area contributed by atoms with Crippen molar-refractivity contribution in [1.29, 1.82) is 0 Å². The second-order valence-corrected chi connectivity index (χ2v) is 11.5. The van der Waals surface area contributed by atoms with Gasteiger partial charge in [0.25, 0.3) is 0 Å². The molecule has 2 aromatic carbocycles. The maximum atomic E-state index is 12.2. The van der Waals surface area contributed by atoms with Crippen LogP contribution in [0.3, 0.4) is 0 Å². The van der Waals surface area contributed by atoms with Gasteiger partial charge in [0.05, 0.1) is 11.0 Å². The lowest BCUT2D eigenvalue weighted by atomic mass is 10.0. The van der Waals surface area contributed by atoms with Crippen molar-refractivity contribution in [2.45, 2.75) is 84.7 Å². The number of nitrogens with zero attached hydrogens (tertiary/aromatic N) is 2. The molecule has 4 heterocycles. The molecule has 2 aliphatic rings. The fourth-order valence-electron chi connectivity index (χ4n) is 5.55. The summed E-state index contributed by atoms with van der Waals surface area (Å²) in [6, 6.07) is 10.3. The summed E-state index contributed by atoms with van der Waals surface area (Å²) in [5.74, 6) is -0.781. The van der Waals surface area contributed by atoms with E-state index in [1.54, 1.807) is 0 Å². The Morgan fingerprint density at radius 3 is 1.86 bits per heavy atom. The summed E-state index contributed by atoms with van der Waals surface area (Å²) in [6.45, 7) is 15.8. The van der Waals surface area contributed by atoms with Crippen LogP contribution in [0.4, 0.5) is 0 Å². The predicted octanol–water partition coefficient (Wildman–Crippen LogP) is 6.00. The molecule has 2 fully saturated rings. The Balaban J connectivity index is 0.000000192. The van der Waals surface area contributed by atoms with Crippen LogP contribution in [0.5, 0.6) is 0 Å². The molecular formula is C33H40N4O6. The normalized spacial score (nSPS) is 18.8. The Morgan fingerprint density at radius 1 is 0.767 bits per heavy atom. The van der Waals surface area contributed by atoms with Gasteiger partial charge in [0.1, 0.15) is 12.1 Å². The lowest BCUT2D eigenvalue weighted by molar-refractivity contribution is -0.125. The van der Waals surface area contributed by atoms with Crippen LogP contribution in [-0.2, 0) is 9.59 Å². The molecule has 0 aliphatic carbocycles. The Morgan fingerprint density at radius 2 is 1.33 bits per heavy atom. The first-order valence-electron chi connectivity index (χ1n) is 14.2. The topological polar surface area (TPSA) is 128 Å². The van der Waals surface area contributed by atoms with Crippen LogP contribution >= 0.6 is 0 Å². The highest BCUT2D eigenvalue weighted by Crippen LogP contribution is 2.30. The zero-order valence-corrected chi connectivity index (χ0v) is 24.4. The number of hydrogen-bond acceptors (Lipinski definition) is 6.